The smallest absolute Gasteiger partial charge is 0.252 e. The number of thioether (sulfide) groups is 1. The lowest BCUT2D eigenvalue weighted by molar-refractivity contribution is -0.115. The molecule has 0 radical (unpaired) electrons. The highest BCUT2D eigenvalue weighted by Crippen LogP contribution is 2.33. The van der Waals surface area contributed by atoms with E-state index in [4.69, 9.17) is 9.47 Å². The molecule has 0 aliphatic carbocycles. The molecular formula is C19H24N2O5S3. The van der Waals surface area contributed by atoms with E-state index in [1.54, 1.807) is 50.2 Å². The first-order valence-corrected chi connectivity index (χ1v) is 12.5. The third-order valence-electron chi connectivity index (χ3n) is 4.55. The van der Waals surface area contributed by atoms with Crippen molar-refractivity contribution in [2.24, 2.45) is 0 Å². The summed E-state index contributed by atoms with van der Waals surface area (Å²) in [4.78, 5) is 13.3. The lowest BCUT2D eigenvalue weighted by Crippen LogP contribution is -2.37. The molecule has 0 bridgehead atoms. The maximum atomic E-state index is 12.8. The summed E-state index contributed by atoms with van der Waals surface area (Å²) < 4.78 is 38.0. The second kappa shape index (κ2) is 9.38. The summed E-state index contributed by atoms with van der Waals surface area (Å²) in [5.74, 6) is 2.53. The van der Waals surface area contributed by atoms with E-state index in [0.717, 1.165) is 21.9 Å². The Kier molecular flexibility index (Phi) is 7.10. The number of hydrogen-bond acceptors (Lipinski definition) is 7. The number of carbonyl (C=O) groups is 1. The van der Waals surface area contributed by atoms with Crippen LogP contribution in [0.15, 0.2) is 28.5 Å². The Hall–Kier alpha value is -1.75. The predicted octanol–water partition coefficient (Wildman–Crippen LogP) is 2.99. The Morgan fingerprint density at radius 1 is 1.14 bits per heavy atom. The van der Waals surface area contributed by atoms with Gasteiger partial charge in [0.1, 0.15) is 4.21 Å². The van der Waals surface area contributed by atoms with Crippen LogP contribution in [-0.4, -0.2) is 57.4 Å². The first-order valence-electron chi connectivity index (χ1n) is 9.04. The maximum absolute atomic E-state index is 12.8. The minimum atomic E-state index is -3.52. The van der Waals surface area contributed by atoms with Crippen LogP contribution in [0.3, 0.4) is 0 Å². The first kappa shape index (κ1) is 21.9. The number of amides is 1. The number of thiophene rings is 1. The number of methoxy groups -OCH3 is 2. The van der Waals surface area contributed by atoms with Crippen LogP contribution in [0.25, 0.3) is 0 Å². The zero-order valence-corrected chi connectivity index (χ0v) is 19.0. The Bertz CT molecular complexity index is 982. The van der Waals surface area contributed by atoms with Crippen LogP contribution < -0.4 is 14.8 Å². The number of carbonyl (C=O) groups excluding carboxylic acids is 1. The van der Waals surface area contributed by atoms with Crippen molar-refractivity contribution in [1.82, 2.24) is 4.31 Å². The van der Waals surface area contributed by atoms with Gasteiger partial charge in [0.25, 0.3) is 10.0 Å². The molecular weight excluding hydrogens is 432 g/mol. The van der Waals surface area contributed by atoms with E-state index in [1.165, 1.54) is 15.6 Å². The summed E-state index contributed by atoms with van der Waals surface area (Å²) >= 11 is 2.94. The molecule has 1 fully saturated rings. The van der Waals surface area contributed by atoms with E-state index < -0.39 is 10.0 Å². The van der Waals surface area contributed by atoms with Gasteiger partial charge in [0.2, 0.25) is 5.91 Å². The zero-order valence-electron chi connectivity index (χ0n) is 16.6. The second-order valence-electron chi connectivity index (χ2n) is 6.47. The average Bonchev–Trinajstić information content (AvgIpc) is 3.09. The number of sulfonamides is 1. The Morgan fingerprint density at radius 2 is 1.83 bits per heavy atom. The molecule has 1 aromatic heterocycles. The van der Waals surface area contributed by atoms with Gasteiger partial charge in [0, 0.05) is 29.5 Å². The molecule has 1 aliphatic rings. The molecule has 1 saturated heterocycles. The van der Waals surface area contributed by atoms with E-state index in [1.807, 2.05) is 6.92 Å². The average molecular weight is 457 g/mol. The molecule has 0 atom stereocenters. The van der Waals surface area contributed by atoms with Crippen molar-refractivity contribution in [2.75, 3.05) is 44.1 Å². The highest BCUT2D eigenvalue weighted by molar-refractivity contribution is 7.99. The molecule has 1 aliphatic heterocycles. The monoisotopic (exact) mass is 456 g/mol. The minimum absolute atomic E-state index is 0.140. The molecule has 3 rings (SSSR count). The van der Waals surface area contributed by atoms with Crippen LogP contribution in [0.4, 0.5) is 5.69 Å². The maximum Gasteiger partial charge on any atom is 0.252 e. The van der Waals surface area contributed by atoms with Crippen molar-refractivity contribution in [1.29, 1.82) is 0 Å². The lowest BCUT2D eigenvalue weighted by atomic mass is 10.1. The molecule has 29 heavy (non-hydrogen) atoms. The van der Waals surface area contributed by atoms with Gasteiger partial charge in [-0.05, 0) is 30.7 Å². The molecule has 1 aromatic carbocycles. The zero-order chi connectivity index (χ0) is 21.0. The number of anilines is 1. The van der Waals surface area contributed by atoms with Gasteiger partial charge in [-0.1, -0.05) is 6.07 Å². The van der Waals surface area contributed by atoms with Gasteiger partial charge in [0.05, 0.1) is 26.3 Å². The third-order valence-corrected chi connectivity index (χ3v) is 8.89. The van der Waals surface area contributed by atoms with Crippen LogP contribution in [-0.2, 0) is 21.2 Å². The largest absolute Gasteiger partial charge is 0.493 e. The number of aryl methyl sites for hydroxylation is 1. The molecule has 2 heterocycles. The summed E-state index contributed by atoms with van der Waals surface area (Å²) in [6, 6.07) is 6.86. The molecule has 0 unspecified atom stereocenters. The fraction of sp³-hybridized carbons (Fsp3) is 0.421. The third kappa shape index (κ3) is 5.06. The van der Waals surface area contributed by atoms with E-state index in [-0.39, 0.29) is 16.5 Å². The van der Waals surface area contributed by atoms with Gasteiger partial charge < -0.3 is 14.8 Å². The highest BCUT2D eigenvalue weighted by Gasteiger charge is 2.28. The standard InChI is InChI=1S/C19H24N2O5S3/c1-13-15(12-19(28-13)29(23,24)21-6-8-27-9-7-21)20-18(22)11-14-4-5-16(25-2)17(10-14)26-3/h4-5,10,12H,6-9,11H2,1-3H3,(H,20,22). The lowest BCUT2D eigenvalue weighted by Gasteiger charge is -2.24. The van der Waals surface area contributed by atoms with Crippen LogP contribution in [0, 0.1) is 6.92 Å². The fourth-order valence-electron chi connectivity index (χ4n) is 2.99. The number of hydrogen-bond donors (Lipinski definition) is 1. The molecule has 2 aromatic rings. The van der Waals surface area contributed by atoms with Crippen LogP contribution in [0.2, 0.25) is 0 Å². The van der Waals surface area contributed by atoms with E-state index in [0.29, 0.717) is 30.3 Å². The number of ether oxygens (including phenoxy) is 2. The summed E-state index contributed by atoms with van der Waals surface area (Å²) in [6.07, 6.45) is 0.140. The Morgan fingerprint density at radius 3 is 2.48 bits per heavy atom. The topological polar surface area (TPSA) is 84.9 Å². The van der Waals surface area contributed by atoms with Crippen molar-refractivity contribution in [3.8, 4) is 11.5 Å². The van der Waals surface area contributed by atoms with Crippen LogP contribution in [0.1, 0.15) is 10.4 Å². The van der Waals surface area contributed by atoms with Gasteiger partial charge >= 0.3 is 0 Å². The van der Waals surface area contributed by atoms with Crippen LogP contribution >= 0.6 is 23.1 Å². The molecule has 1 amide bonds. The molecule has 158 valence electrons. The minimum Gasteiger partial charge on any atom is -0.493 e. The SMILES string of the molecule is COc1ccc(CC(=O)Nc2cc(S(=O)(=O)N3CCSCC3)sc2C)cc1OC. The van der Waals surface area contributed by atoms with Crippen LogP contribution in [0.5, 0.6) is 11.5 Å². The van der Waals surface area contributed by atoms with E-state index >= 15 is 0 Å². The van der Waals surface area contributed by atoms with Crippen molar-refractivity contribution in [3.63, 3.8) is 0 Å². The summed E-state index contributed by atoms with van der Waals surface area (Å²) in [5.41, 5.74) is 1.30. The van der Waals surface area contributed by atoms with Gasteiger partial charge in [-0.25, -0.2) is 8.42 Å². The van der Waals surface area contributed by atoms with Gasteiger partial charge in [-0.2, -0.15) is 16.1 Å². The van der Waals surface area contributed by atoms with Gasteiger partial charge in [0.15, 0.2) is 11.5 Å². The Labute approximate surface area is 179 Å². The van der Waals surface area contributed by atoms with E-state index in [9.17, 15) is 13.2 Å². The number of rotatable bonds is 7. The summed E-state index contributed by atoms with van der Waals surface area (Å²) in [7, 11) is -0.424. The number of benzene rings is 1. The quantitative estimate of drug-likeness (QED) is 0.690. The van der Waals surface area contributed by atoms with Crippen molar-refractivity contribution in [3.05, 3.63) is 34.7 Å². The summed E-state index contributed by atoms with van der Waals surface area (Å²) in [6.45, 7) is 2.84. The van der Waals surface area contributed by atoms with Crippen molar-refractivity contribution in [2.45, 2.75) is 17.6 Å². The van der Waals surface area contributed by atoms with E-state index in [2.05, 4.69) is 5.32 Å². The fourth-order valence-corrected chi connectivity index (χ4v) is 7.12. The second-order valence-corrected chi connectivity index (χ2v) is 11.1. The molecule has 7 nitrogen and oxygen atoms in total. The highest BCUT2D eigenvalue weighted by atomic mass is 32.2. The molecule has 0 saturated carbocycles. The Balaban J connectivity index is 1.71. The summed E-state index contributed by atoms with van der Waals surface area (Å²) in [5, 5.41) is 2.83. The number of nitrogens with one attached hydrogen (secondary N) is 1. The normalized spacial score (nSPS) is 15.1. The van der Waals surface area contributed by atoms with Gasteiger partial charge in [-0.3, -0.25) is 4.79 Å². The first-order chi connectivity index (χ1) is 13.8. The molecule has 0 spiro atoms. The predicted molar refractivity (Wildman–Crippen MR) is 117 cm³/mol. The number of nitrogens with zero attached hydrogens (tertiary/aromatic N) is 1. The molecule has 1 N–H and O–H groups in total. The van der Waals surface area contributed by atoms with Crippen molar-refractivity contribution >= 4 is 44.7 Å². The molecule has 10 heteroatoms. The van der Waals surface area contributed by atoms with Crippen molar-refractivity contribution < 1.29 is 22.7 Å². The van der Waals surface area contributed by atoms with Gasteiger partial charge in [-0.15, -0.1) is 11.3 Å².